The molecule has 0 unspecified atom stereocenters. The number of rotatable bonds is 8. The highest BCUT2D eigenvalue weighted by Gasteiger charge is 2.26. The van der Waals surface area contributed by atoms with E-state index >= 15 is 0 Å². The van der Waals surface area contributed by atoms with E-state index in [-0.39, 0.29) is 5.97 Å². The number of hydrogen-bond donors (Lipinski definition) is 0. The average molecular weight is 290 g/mol. The molecule has 1 aromatic rings. The van der Waals surface area contributed by atoms with Crippen LogP contribution in [0.25, 0.3) is 0 Å². The van der Waals surface area contributed by atoms with Crippen molar-refractivity contribution < 1.29 is 9.53 Å². The molecular formula is C17H26O2Si. The molecule has 110 valence electrons. The second kappa shape index (κ2) is 8.05. The Morgan fingerprint density at radius 1 is 1.15 bits per heavy atom. The Hall–Kier alpha value is -1.35. The van der Waals surface area contributed by atoms with Gasteiger partial charge in [-0.1, -0.05) is 53.8 Å². The smallest absolute Gasteiger partial charge is 0.305 e. The molecule has 0 amide bonds. The van der Waals surface area contributed by atoms with Crippen molar-refractivity contribution in [1.82, 2.24) is 0 Å². The lowest BCUT2D eigenvalue weighted by atomic mass is 10.2. The number of carbonyl (C=O) groups excluding carboxylic acids is 1. The highest BCUT2D eigenvalue weighted by molar-refractivity contribution is 6.95. The van der Waals surface area contributed by atoms with Gasteiger partial charge in [0, 0.05) is 6.42 Å². The summed E-state index contributed by atoms with van der Waals surface area (Å²) in [7, 11) is -1.59. The summed E-state index contributed by atoms with van der Waals surface area (Å²) in [6, 6.07) is 10.7. The van der Waals surface area contributed by atoms with Crippen LogP contribution in [0.4, 0.5) is 0 Å². The molecule has 0 saturated carbocycles. The zero-order valence-corrected chi connectivity index (χ0v) is 13.9. The monoisotopic (exact) mass is 290 g/mol. The fourth-order valence-corrected chi connectivity index (χ4v) is 4.45. The van der Waals surface area contributed by atoms with Crippen LogP contribution < -0.4 is 5.19 Å². The van der Waals surface area contributed by atoms with Gasteiger partial charge in [0.05, 0.1) is 6.61 Å². The Labute approximate surface area is 123 Å². The molecule has 0 aliphatic carbocycles. The van der Waals surface area contributed by atoms with Crippen LogP contribution in [0.3, 0.4) is 0 Å². The first-order valence-electron chi connectivity index (χ1n) is 7.38. The number of hydrogen-bond acceptors (Lipinski definition) is 2. The third-order valence-corrected chi connectivity index (χ3v) is 7.59. The Bertz CT molecular complexity index is 438. The van der Waals surface area contributed by atoms with Gasteiger partial charge in [-0.05, 0) is 26.2 Å². The first kappa shape index (κ1) is 16.7. The number of esters is 1. The molecule has 0 aliphatic rings. The maximum absolute atomic E-state index is 11.3. The average Bonchev–Trinajstić information content (AvgIpc) is 2.44. The zero-order valence-electron chi connectivity index (χ0n) is 12.9. The molecule has 0 radical (unpaired) electrons. The highest BCUT2D eigenvalue weighted by atomic mass is 28.3. The van der Waals surface area contributed by atoms with E-state index in [4.69, 9.17) is 4.74 Å². The van der Waals surface area contributed by atoms with Gasteiger partial charge in [-0.2, -0.15) is 0 Å². The van der Waals surface area contributed by atoms with Gasteiger partial charge in [-0.15, -0.1) is 6.58 Å². The minimum atomic E-state index is -1.59. The largest absolute Gasteiger partial charge is 0.466 e. The Kier molecular flexibility index (Phi) is 6.72. The van der Waals surface area contributed by atoms with Gasteiger partial charge in [0.15, 0.2) is 0 Å². The molecule has 0 aromatic heterocycles. The molecule has 2 nitrogen and oxygen atoms in total. The molecule has 0 heterocycles. The lowest BCUT2D eigenvalue weighted by Crippen LogP contribution is -2.43. The number of carbonyl (C=O) groups is 1. The molecule has 20 heavy (non-hydrogen) atoms. The Balaban J connectivity index is 2.41. The van der Waals surface area contributed by atoms with Gasteiger partial charge < -0.3 is 4.74 Å². The molecule has 0 aliphatic heterocycles. The van der Waals surface area contributed by atoms with Gasteiger partial charge >= 0.3 is 5.97 Å². The van der Waals surface area contributed by atoms with E-state index in [1.165, 1.54) is 10.4 Å². The maximum atomic E-state index is 11.3. The van der Waals surface area contributed by atoms with E-state index in [1.807, 2.05) is 6.92 Å². The molecule has 0 atom stereocenters. The van der Waals surface area contributed by atoms with Crippen LogP contribution in [0.5, 0.6) is 0 Å². The third-order valence-electron chi connectivity index (χ3n) is 3.79. The van der Waals surface area contributed by atoms with Crippen LogP contribution in [-0.4, -0.2) is 20.7 Å². The van der Waals surface area contributed by atoms with Crippen LogP contribution in [0.1, 0.15) is 32.6 Å². The van der Waals surface area contributed by atoms with Gasteiger partial charge in [0.1, 0.15) is 8.07 Å². The maximum Gasteiger partial charge on any atom is 0.305 e. The number of ether oxygens (including phenoxy) is 1. The molecule has 0 spiro atoms. The summed E-state index contributed by atoms with van der Waals surface area (Å²) in [4.78, 5) is 11.3. The lowest BCUT2D eigenvalue weighted by molar-refractivity contribution is -0.143. The predicted molar refractivity (Wildman–Crippen MR) is 87.8 cm³/mol. The molecule has 1 aromatic carbocycles. The second-order valence-corrected chi connectivity index (χ2v) is 10.1. The first-order valence-corrected chi connectivity index (χ1v) is 10.4. The number of benzene rings is 1. The van der Waals surface area contributed by atoms with Crippen molar-refractivity contribution in [3.63, 3.8) is 0 Å². The molecule has 1 rings (SSSR count). The minimum Gasteiger partial charge on any atom is -0.466 e. The number of allylic oxidation sites excluding steroid dienone is 1. The van der Waals surface area contributed by atoms with E-state index in [9.17, 15) is 4.79 Å². The van der Waals surface area contributed by atoms with E-state index < -0.39 is 8.07 Å². The minimum absolute atomic E-state index is 0.0855. The van der Waals surface area contributed by atoms with Crippen LogP contribution in [0.2, 0.25) is 13.1 Å². The number of unbranched alkanes of at least 4 members (excludes halogenated alkanes) is 1. The van der Waals surface area contributed by atoms with Crippen molar-refractivity contribution in [1.29, 1.82) is 0 Å². The Morgan fingerprint density at radius 2 is 1.75 bits per heavy atom. The fraction of sp³-hybridized carbons (Fsp3) is 0.471. The predicted octanol–water partition coefficient (Wildman–Crippen LogP) is 3.82. The molecule has 0 bridgehead atoms. The summed E-state index contributed by atoms with van der Waals surface area (Å²) in [5.74, 6) is -0.0855. The lowest BCUT2D eigenvalue weighted by Gasteiger charge is -2.26. The van der Waals surface area contributed by atoms with Crippen molar-refractivity contribution >= 4 is 19.2 Å². The van der Waals surface area contributed by atoms with Crippen molar-refractivity contribution in [3.8, 4) is 0 Å². The summed E-state index contributed by atoms with van der Waals surface area (Å²) in [5, 5.41) is 2.78. The van der Waals surface area contributed by atoms with Gasteiger partial charge in [0.25, 0.3) is 0 Å². The molecule has 0 N–H and O–H groups in total. The molecular weight excluding hydrogens is 264 g/mol. The molecule has 3 heteroatoms. The summed E-state index contributed by atoms with van der Waals surface area (Å²) in [5.41, 5.74) is 0. The Morgan fingerprint density at radius 3 is 2.35 bits per heavy atom. The summed E-state index contributed by atoms with van der Waals surface area (Å²) >= 11 is 0. The quantitative estimate of drug-likeness (QED) is 0.413. The van der Waals surface area contributed by atoms with Crippen LogP contribution in [0.15, 0.2) is 42.1 Å². The summed E-state index contributed by atoms with van der Waals surface area (Å²) in [6.07, 6.45) is 3.43. The van der Waals surface area contributed by atoms with Crippen LogP contribution >= 0.6 is 0 Å². The van der Waals surface area contributed by atoms with Crippen molar-refractivity contribution in [2.45, 2.75) is 45.7 Å². The third kappa shape index (κ3) is 4.97. The topological polar surface area (TPSA) is 26.3 Å². The van der Waals surface area contributed by atoms with Gasteiger partial charge in [0.2, 0.25) is 0 Å². The highest BCUT2D eigenvalue weighted by Crippen LogP contribution is 2.19. The van der Waals surface area contributed by atoms with Crippen LogP contribution in [0, 0.1) is 0 Å². The normalized spacial score (nSPS) is 11.2. The SMILES string of the molecule is C=C(CCCCC(=O)OCC)[Si](C)(C)c1ccccc1. The summed E-state index contributed by atoms with van der Waals surface area (Å²) < 4.78 is 4.93. The first-order chi connectivity index (χ1) is 9.48. The van der Waals surface area contributed by atoms with Crippen molar-refractivity contribution in [2.75, 3.05) is 6.61 Å². The van der Waals surface area contributed by atoms with Gasteiger partial charge in [-0.3, -0.25) is 4.79 Å². The molecule has 0 saturated heterocycles. The van der Waals surface area contributed by atoms with E-state index in [2.05, 4.69) is 50.0 Å². The van der Waals surface area contributed by atoms with Crippen molar-refractivity contribution in [2.24, 2.45) is 0 Å². The van der Waals surface area contributed by atoms with Crippen LogP contribution in [-0.2, 0) is 9.53 Å². The standard InChI is InChI=1S/C17H26O2Si/c1-5-19-17(18)14-10-9-11-15(2)20(3,4)16-12-7-6-8-13-16/h6-8,12-13H,2,5,9-11,14H2,1,3-4H3. The fourth-order valence-electron chi connectivity index (χ4n) is 2.21. The zero-order chi connectivity index (χ0) is 15.0. The molecule has 0 fully saturated rings. The summed E-state index contributed by atoms with van der Waals surface area (Å²) in [6.45, 7) is 11.3. The van der Waals surface area contributed by atoms with E-state index in [0.717, 1.165) is 19.3 Å². The van der Waals surface area contributed by atoms with E-state index in [1.54, 1.807) is 0 Å². The van der Waals surface area contributed by atoms with E-state index in [0.29, 0.717) is 13.0 Å². The second-order valence-electron chi connectivity index (χ2n) is 5.61. The van der Waals surface area contributed by atoms with Gasteiger partial charge in [-0.25, -0.2) is 0 Å². The van der Waals surface area contributed by atoms with Crippen molar-refractivity contribution in [3.05, 3.63) is 42.1 Å².